The maximum atomic E-state index is 12.7. The van der Waals surface area contributed by atoms with Gasteiger partial charge in [0.05, 0.1) is 15.5 Å². The molecule has 0 amide bonds. The number of hydrogen-bond acceptors (Lipinski definition) is 4. The summed E-state index contributed by atoms with van der Waals surface area (Å²) in [6.45, 7) is 7.00. The Kier molecular flexibility index (Phi) is 4.42. The first-order chi connectivity index (χ1) is 10.6. The van der Waals surface area contributed by atoms with Crippen molar-refractivity contribution >= 4 is 21.4 Å². The number of sulfonamides is 1. The molecule has 7 heteroatoms. The second kappa shape index (κ2) is 6.00. The van der Waals surface area contributed by atoms with E-state index in [0.717, 1.165) is 17.2 Å². The number of non-ortho nitro benzene ring substituents is 1. The number of aryl methyl sites for hydroxylation is 3. The zero-order valence-electron chi connectivity index (χ0n) is 13.4. The molecule has 0 bridgehead atoms. The van der Waals surface area contributed by atoms with Gasteiger partial charge < -0.3 is 0 Å². The Morgan fingerprint density at radius 2 is 1.65 bits per heavy atom. The average Bonchev–Trinajstić information content (AvgIpc) is 2.44. The molecule has 0 radical (unpaired) electrons. The van der Waals surface area contributed by atoms with Gasteiger partial charge in [0.15, 0.2) is 0 Å². The highest BCUT2D eigenvalue weighted by molar-refractivity contribution is 7.92. The van der Waals surface area contributed by atoms with Crippen LogP contribution in [0.15, 0.2) is 35.2 Å². The minimum Gasteiger partial charge on any atom is -0.279 e. The van der Waals surface area contributed by atoms with E-state index in [1.807, 2.05) is 13.0 Å². The molecule has 0 heterocycles. The number of anilines is 1. The fourth-order valence-corrected chi connectivity index (χ4v) is 3.79. The molecule has 0 saturated heterocycles. The van der Waals surface area contributed by atoms with Crippen molar-refractivity contribution in [1.29, 1.82) is 0 Å². The predicted molar refractivity (Wildman–Crippen MR) is 89.3 cm³/mol. The fraction of sp³-hybridized carbons (Fsp3) is 0.250. The van der Waals surface area contributed by atoms with Gasteiger partial charge in [0.2, 0.25) is 0 Å². The van der Waals surface area contributed by atoms with Crippen molar-refractivity contribution in [3.05, 3.63) is 62.7 Å². The first-order valence-corrected chi connectivity index (χ1v) is 8.46. The summed E-state index contributed by atoms with van der Waals surface area (Å²) in [4.78, 5) is 10.3. The summed E-state index contributed by atoms with van der Waals surface area (Å²) in [5.41, 5.74) is 3.07. The van der Waals surface area contributed by atoms with Gasteiger partial charge in [-0.3, -0.25) is 14.8 Å². The Bertz CT molecular complexity index is 889. The molecule has 0 aliphatic rings. The normalized spacial score (nSPS) is 11.3. The molecule has 2 aromatic rings. The highest BCUT2D eigenvalue weighted by Gasteiger charge is 2.23. The summed E-state index contributed by atoms with van der Waals surface area (Å²) in [5, 5.41) is 11.0. The third-order valence-electron chi connectivity index (χ3n) is 3.73. The van der Waals surface area contributed by atoms with Crippen LogP contribution in [0.1, 0.15) is 22.3 Å². The highest BCUT2D eigenvalue weighted by Crippen LogP contribution is 2.28. The Morgan fingerprint density at radius 3 is 2.22 bits per heavy atom. The maximum absolute atomic E-state index is 12.7. The number of rotatable bonds is 4. The van der Waals surface area contributed by atoms with Crippen molar-refractivity contribution < 1.29 is 13.3 Å². The van der Waals surface area contributed by atoms with E-state index < -0.39 is 14.9 Å². The number of nitro benzene ring substituents is 1. The molecule has 2 aromatic carbocycles. The summed E-state index contributed by atoms with van der Waals surface area (Å²) in [7, 11) is -3.91. The lowest BCUT2D eigenvalue weighted by molar-refractivity contribution is -0.385. The lowest BCUT2D eigenvalue weighted by Crippen LogP contribution is -2.16. The largest absolute Gasteiger partial charge is 0.279 e. The van der Waals surface area contributed by atoms with E-state index in [1.165, 1.54) is 6.07 Å². The van der Waals surface area contributed by atoms with Crippen molar-refractivity contribution in [2.45, 2.75) is 32.6 Å². The van der Waals surface area contributed by atoms with E-state index in [-0.39, 0.29) is 10.6 Å². The van der Waals surface area contributed by atoms with E-state index in [4.69, 9.17) is 0 Å². The molecule has 0 saturated carbocycles. The number of benzene rings is 2. The van der Waals surface area contributed by atoms with E-state index in [9.17, 15) is 18.5 Å². The van der Waals surface area contributed by atoms with E-state index in [0.29, 0.717) is 16.8 Å². The predicted octanol–water partition coefficient (Wildman–Crippen LogP) is 3.63. The molecular weight excluding hydrogens is 316 g/mol. The lowest BCUT2D eigenvalue weighted by Gasteiger charge is -2.14. The molecule has 1 N–H and O–H groups in total. The van der Waals surface area contributed by atoms with Gasteiger partial charge in [0.1, 0.15) is 0 Å². The lowest BCUT2D eigenvalue weighted by atomic mass is 10.1. The van der Waals surface area contributed by atoms with Crippen LogP contribution in [0.2, 0.25) is 0 Å². The Morgan fingerprint density at radius 1 is 1.00 bits per heavy atom. The van der Waals surface area contributed by atoms with Crippen LogP contribution in [0.4, 0.5) is 11.4 Å². The highest BCUT2D eigenvalue weighted by atomic mass is 32.2. The SMILES string of the molecule is Cc1ccc(NS(=O)(=O)c2cc([N+](=O)[O-])cc(C)c2C)c(C)c1. The second-order valence-electron chi connectivity index (χ2n) is 5.57. The van der Waals surface area contributed by atoms with Gasteiger partial charge in [-0.2, -0.15) is 0 Å². The maximum Gasteiger partial charge on any atom is 0.271 e. The average molecular weight is 334 g/mol. The zero-order valence-corrected chi connectivity index (χ0v) is 14.2. The third-order valence-corrected chi connectivity index (χ3v) is 5.22. The van der Waals surface area contributed by atoms with Gasteiger partial charge >= 0.3 is 0 Å². The van der Waals surface area contributed by atoms with Crippen LogP contribution >= 0.6 is 0 Å². The van der Waals surface area contributed by atoms with Gasteiger partial charge in [-0.25, -0.2) is 8.42 Å². The fourth-order valence-electron chi connectivity index (χ4n) is 2.32. The second-order valence-corrected chi connectivity index (χ2v) is 7.22. The van der Waals surface area contributed by atoms with Crippen LogP contribution in [-0.2, 0) is 10.0 Å². The van der Waals surface area contributed by atoms with Gasteiger partial charge in [-0.05, 0) is 50.5 Å². The van der Waals surface area contributed by atoms with Crippen molar-refractivity contribution in [2.24, 2.45) is 0 Å². The van der Waals surface area contributed by atoms with Crippen molar-refractivity contribution in [2.75, 3.05) is 4.72 Å². The molecular formula is C16H18N2O4S. The molecule has 0 unspecified atom stereocenters. The summed E-state index contributed by atoms with van der Waals surface area (Å²) in [6.07, 6.45) is 0. The van der Waals surface area contributed by atoms with Crippen LogP contribution in [0, 0.1) is 37.8 Å². The summed E-state index contributed by atoms with van der Waals surface area (Å²) >= 11 is 0. The first-order valence-electron chi connectivity index (χ1n) is 6.97. The van der Waals surface area contributed by atoms with Gasteiger partial charge in [0, 0.05) is 12.1 Å². The standard InChI is InChI=1S/C16H18N2O4S/c1-10-5-6-15(12(3)7-10)17-23(21,22)16-9-14(18(19)20)8-11(2)13(16)4/h5-9,17H,1-4H3. The molecule has 0 aromatic heterocycles. The molecule has 122 valence electrons. The Hall–Kier alpha value is -2.41. The van der Waals surface area contributed by atoms with Crippen LogP contribution in [-0.4, -0.2) is 13.3 Å². The third kappa shape index (κ3) is 3.50. The summed E-state index contributed by atoms with van der Waals surface area (Å²) in [5.74, 6) is 0. The van der Waals surface area contributed by atoms with Crippen molar-refractivity contribution in [1.82, 2.24) is 0 Å². The van der Waals surface area contributed by atoms with Gasteiger partial charge in [-0.1, -0.05) is 17.7 Å². The minimum atomic E-state index is -3.91. The molecule has 0 aliphatic heterocycles. The Labute approximate surface area is 135 Å². The van der Waals surface area contributed by atoms with Crippen LogP contribution in [0.25, 0.3) is 0 Å². The molecule has 23 heavy (non-hydrogen) atoms. The first kappa shape index (κ1) is 17.0. The summed E-state index contributed by atoms with van der Waals surface area (Å²) < 4.78 is 27.8. The number of hydrogen-bond donors (Lipinski definition) is 1. The quantitative estimate of drug-likeness (QED) is 0.683. The van der Waals surface area contributed by atoms with E-state index in [2.05, 4.69) is 4.72 Å². The zero-order chi connectivity index (χ0) is 17.4. The Balaban J connectivity index is 2.53. The number of nitro groups is 1. The molecule has 0 spiro atoms. The molecule has 0 aliphatic carbocycles. The van der Waals surface area contributed by atoms with Gasteiger partial charge in [0.25, 0.3) is 15.7 Å². The monoisotopic (exact) mass is 334 g/mol. The molecule has 0 atom stereocenters. The van der Waals surface area contributed by atoms with Crippen LogP contribution in [0.5, 0.6) is 0 Å². The number of nitrogens with one attached hydrogen (secondary N) is 1. The van der Waals surface area contributed by atoms with E-state index in [1.54, 1.807) is 32.9 Å². The van der Waals surface area contributed by atoms with Crippen LogP contribution in [0.3, 0.4) is 0 Å². The van der Waals surface area contributed by atoms with Gasteiger partial charge in [-0.15, -0.1) is 0 Å². The molecule has 2 rings (SSSR count). The van der Waals surface area contributed by atoms with E-state index >= 15 is 0 Å². The van der Waals surface area contributed by atoms with Crippen molar-refractivity contribution in [3.8, 4) is 0 Å². The van der Waals surface area contributed by atoms with Crippen molar-refractivity contribution in [3.63, 3.8) is 0 Å². The smallest absolute Gasteiger partial charge is 0.271 e. The molecule has 0 fully saturated rings. The molecule has 6 nitrogen and oxygen atoms in total. The summed E-state index contributed by atoms with van der Waals surface area (Å²) in [6, 6.07) is 7.81. The minimum absolute atomic E-state index is 0.0795. The topological polar surface area (TPSA) is 89.3 Å². The van der Waals surface area contributed by atoms with Crippen LogP contribution < -0.4 is 4.72 Å². The number of nitrogens with zero attached hydrogens (tertiary/aromatic N) is 1.